The van der Waals surface area contributed by atoms with E-state index in [-0.39, 0.29) is 6.54 Å². The van der Waals surface area contributed by atoms with Gasteiger partial charge >= 0.3 is 0 Å². The Morgan fingerprint density at radius 2 is 2.24 bits per heavy atom. The van der Waals surface area contributed by atoms with Crippen molar-refractivity contribution in [3.05, 3.63) is 24.1 Å². The number of hydrogen-bond donors (Lipinski definition) is 2. The molecule has 1 rings (SSSR count). The summed E-state index contributed by atoms with van der Waals surface area (Å²) in [6.45, 7) is 3.58. The Morgan fingerprint density at radius 1 is 1.59 bits per heavy atom. The molecule has 96 valence electrons. The van der Waals surface area contributed by atoms with E-state index in [1.807, 2.05) is 0 Å². The number of aromatic nitrogens is 1. The van der Waals surface area contributed by atoms with Gasteiger partial charge in [-0.15, -0.1) is 0 Å². The van der Waals surface area contributed by atoms with Crippen LogP contribution < -0.4 is 10.5 Å². The highest BCUT2D eigenvalue weighted by Gasteiger charge is 2.30. The van der Waals surface area contributed by atoms with Gasteiger partial charge in [-0.05, 0) is 25.5 Å². The predicted octanol–water partition coefficient (Wildman–Crippen LogP) is 0.626. The SMILES string of the molecule is CCC(C)(CN)NS(=O)(=O)c1ncccc1F. The molecule has 1 unspecified atom stereocenters. The fourth-order valence-electron chi connectivity index (χ4n) is 1.20. The van der Waals surface area contributed by atoms with Crippen molar-refractivity contribution in [1.29, 1.82) is 0 Å². The van der Waals surface area contributed by atoms with Gasteiger partial charge in [0.05, 0.1) is 0 Å². The number of rotatable bonds is 5. The van der Waals surface area contributed by atoms with Gasteiger partial charge in [0.15, 0.2) is 5.82 Å². The zero-order valence-corrected chi connectivity index (χ0v) is 10.6. The third-order valence-electron chi connectivity index (χ3n) is 2.59. The summed E-state index contributed by atoms with van der Waals surface area (Å²) in [4.78, 5) is 3.54. The van der Waals surface area contributed by atoms with Gasteiger partial charge in [-0.1, -0.05) is 6.92 Å². The molecule has 1 heterocycles. The predicted molar refractivity (Wildman–Crippen MR) is 62.3 cm³/mol. The maximum absolute atomic E-state index is 13.4. The average molecular weight is 261 g/mol. The number of halogens is 1. The number of nitrogens with one attached hydrogen (secondary N) is 1. The van der Waals surface area contributed by atoms with E-state index in [4.69, 9.17) is 5.73 Å². The first kappa shape index (κ1) is 14.0. The van der Waals surface area contributed by atoms with Gasteiger partial charge in [-0.25, -0.2) is 22.5 Å². The molecule has 0 amide bonds. The molecule has 5 nitrogen and oxygen atoms in total. The van der Waals surface area contributed by atoms with Crippen molar-refractivity contribution in [1.82, 2.24) is 9.71 Å². The molecular weight excluding hydrogens is 245 g/mol. The number of nitrogens with two attached hydrogens (primary N) is 1. The molecule has 1 aromatic heterocycles. The van der Waals surface area contributed by atoms with Gasteiger partial charge in [-0.2, -0.15) is 0 Å². The minimum absolute atomic E-state index is 0.122. The van der Waals surface area contributed by atoms with E-state index in [0.29, 0.717) is 6.42 Å². The van der Waals surface area contributed by atoms with E-state index in [2.05, 4.69) is 9.71 Å². The molecule has 0 spiro atoms. The van der Waals surface area contributed by atoms with Gasteiger partial charge in [0.25, 0.3) is 10.0 Å². The first-order valence-corrected chi connectivity index (χ1v) is 6.67. The van der Waals surface area contributed by atoms with Crippen LogP contribution in [0.25, 0.3) is 0 Å². The minimum atomic E-state index is -3.99. The van der Waals surface area contributed by atoms with Crippen LogP contribution in [-0.4, -0.2) is 25.5 Å². The van der Waals surface area contributed by atoms with E-state index in [9.17, 15) is 12.8 Å². The molecule has 0 fully saturated rings. The first-order chi connectivity index (χ1) is 7.84. The van der Waals surface area contributed by atoms with Crippen molar-refractivity contribution in [3.8, 4) is 0 Å². The third kappa shape index (κ3) is 3.21. The van der Waals surface area contributed by atoms with E-state index < -0.39 is 26.4 Å². The van der Waals surface area contributed by atoms with Crippen molar-refractivity contribution in [2.75, 3.05) is 6.54 Å². The summed E-state index contributed by atoms with van der Waals surface area (Å²) in [5.74, 6) is -0.879. The Labute approximate surface area is 100 Å². The molecule has 7 heteroatoms. The van der Waals surface area contributed by atoms with Gasteiger partial charge in [0.2, 0.25) is 5.03 Å². The Morgan fingerprint density at radius 3 is 2.71 bits per heavy atom. The summed E-state index contributed by atoms with van der Waals surface area (Å²) >= 11 is 0. The Kier molecular flexibility index (Phi) is 4.18. The van der Waals surface area contributed by atoms with Crippen LogP contribution in [0.15, 0.2) is 23.4 Å². The molecule has 0 radical (unpaired) electrons. The second kappa shape index (κ2) is 5.07. The molecule has 0 aliphatic rings. The van der Waals surface area contributed by atoms with Gasteiger partial charge in [-0.3, -0.25) is 0 Å². The van der Waals surface area contributed by atoms with Crippen molar-refractivity contribution >= 4 is 10.0 Å². The Bertz CT molecular complexity index is 486. The second-order valence-electron chi connectivity index (χ2n) is 4.01. The summed E-state index contributed by atoms with van der Waals surface area (Å²) in [5, 5.41) is -0.604. The summed E-state index contributed by atoms with van der Waals surface area (Å²) in [5.41, 5.74) is 4.70. The van der Waals surface area contributed by atoms with Crippen LogP contribution in [0.4, 0.5) is 4.39 Å². The van der Waals surface area contributed by atoms with Gasteiger partial charge < -0.3 is 5.73 Å². The smallest absolute Gasteiger partial charge is 0.261 e. The van der Waals surface area contributed by atoms with Crippen molar-refractivity contribution < 1.29 is 12.8 Å². The van der Waals surface area contributed by atoms with Crippen molar-refractivity contribution in [2.24, 2.45) is 5.73 Å². The highest BCUT2D eigenvalue weighted by atomic mass is 32.2. The lowest BCUT2D eigenvalue weighted by Crippen LogP contribution is -2.51. The van der Waals surface area contributed by atoms with Crippen LogP contribution in [0.5, 0.6) is 0 Å². The van der Waals surface area contributed by atoms with Crippen LogP contribution >= 0.6 is 0 Å². The highest BCUT2D eigenvalue weighted by molar-refractivity contribution is 7.89. The fraction of sp³-hybridized carbons (Fsp3) is 0.500. The summed E-state index contributed by atoms with van der Waals surface area (Å²) < 4.78 is 39.6. The first-order valence-electron chi connectivity index (χ1n) is 5.19. The Balaban J connectivity index is 3.10. The number of pyridine rings is 1. The van der Waals surface area contributed by atoms with Crippen LogP contribution in [0.1, 0.15) is 20.3 Å². The van der Waals surface area contributed by atoms with Crippen LogP contribution in [0.2, 0.25) is 0 Å². The lowest BCUT2D eigenvalue weighted by atomic mass is 10.0. The largest absolute Gasteiger partial charge is 0.329 e. The summed E-state index contributed by atoms with van der Waals surface area (Å²) in [6.07, 6.45) is 1.72. The van der Waals surface area contributed by atoms with Crippen molar-refractivity contribution in [3.63, 3.8) is 0 Å². The van der Waals surface area contributed by atoms with E-state index in [0.717, 1.165) is 6.07 Å². The number of hydrogen-bond acceptors (Lipinski definition) is 4. The molecule has 0 aromatic carbocycles. The summed E-state index contributed by atoms with van der Waals surface area (Å²) in [7, 11) is -3.99. The molecule has 1 atom stereocenters. The standard InChI is InChI=1S/C10H16FN3O2S/c1-3-10(2,7-12)14-17(15,16)9-8(11)5-4-6-13-9/h4-6,14H,3,7,12H2,1-2H3. The average Bonchev–Trinajstić information content (AvgIpc) is 2.28. The maximum atomic E-state index is 13.4. The minimum Gasteiger partial charge on any atom is -0.329 e. The topological polar surface area (TPSA) is 85.1 Å². The molecule has 0 aliphatic heterocycles. The number of nitrogens with zero attached hydrogens (tertiary/aromatic N) is 1. The Hall–Kier alpha value is -1.05. The van der Waals surface area contributed by atoms with Crippen LogP contribution in [0, 0.1) is 5.82 Å². The zero-order valence-electron chi connectivity index (χ0n) is 9.77. The molecule has 1 aromatic rings. The van der Waals surface area contributed by atoms with Crippen LogP contribution in [0.3, 0.4) is 0 Å². The van der Waals surface area contributed by atoms with E-state index >= 15 is 0 Å². The van der Waals surface area contributed by atoms with Gasteiger partial charge in [0.1, 0.15) is 0 Å². The third-order valence-corrected chi connectivity index (χ3v) is 4.16. The highest BCUT2D eigenvalue weighted by Crippen LogP contribution is 2.15. The van der Waals surface area contributed by atoms with Crippen molar-refractivity contribution in [2.45, 2.75) is 30.8 Å². The lowest BCUT2D eigenvalue weighted by Gasteiger charge is -2.27. The van der Waals surface area contributed by atoms with E-state index in [1.165, 1.54) is 12.3 Å². The molecule has 0 bridgehead atoms. The quantitative estimate of drug-likeness (QED) is 0.814. The molecule has 0 saturated heterocycles. The number of sulfonamides is 1. The molecular formula is C10H16FN3O2S. The molecule has 0 aliphatic carbocycles. The normalized spacial score (nSPS) is 15.5. The van der Waals surface area contributed by atoms with Gasteiger partial charge in [0, 0.05) is 18.3 Å². The molecule has 0 saturated carbocycles. The molecule has 17 heavy (non-hydrogen) atoms. The lowest BCUT2D eigenvalue weighted by molar-refractivity contribution is 0.408. The summed E-state index contributed by atoms with van der Waals surface area (Å²) in [6, 6.07) is 2.38. The van der Waals surface area contributed by atoms with E-state index in [1.54, 1.807) is 13.8 Å². The second-order valence-corrected chi connectivity index (χ2v) is 5.61. The maximum Gasteiger partial charge on any atom is 0.261 e. The fourth-order valence-corrected chi connectivity index (χ4v) is 2.70. The zero-order chi connectivity index (χ0) is 13.1. The monoisotopic (exact) mass is 261 g/mol. The molecule has 3 N–H and O–H groups in total. The van der Waals surface area contributed by atoms with Crippen LogP contribution in [-0.2, 0) is 10.0 Å².